The van der Waals surface area contributed by atoms with Crippen LogP contribution in [0.1, 0.15) is 16.1 Å². The Balaban J connectivity index is 0.00000361. The molecule has 0 fully saturated rings. The molecule has 1 aromatic rings. The van der Waals surface area contributed by atoms with Gasteiger partial charge >= 0.3 is 0 Å². The van der Waals surface area contributed by atoms with Crippen molar-refractivity contribution < 1.29 is 9.59 Å². The van der Waals surface area contributed by atoms with Crippen molar-refractivity contribution >= 4 is 47.3 Å². The van der Waals surface area contributed by atoms with Crippen molar-refractivity contribution in [3.63, 3.8) is 0 Å². The number of hydrogen-bond donors (Lipinski definition) is 3. The molecule has 8 heteroatoms. The molecule has 0 aromatic carbocycles. The minimum atomic E-state index is -0.472. The van der Waals surface area contributed by atoms with Crippen LogP contribution in [0.3, 0.4) is 0 Å². The van der Waals surface area contributed by atoms with Crippen LogP contribution in [0, 0.1) is 0 Å². The van der Waals surface area contributed by atoms with Crippen LogP contribution < -0.4 is 16.4 Å². The molecule has 1 unspecified atom stereocenters. The number of carbonyl (C=O) groups excluding carboxylic acids is 2. The first kappa shape index (κ1) is 19.2. The number of thioether (sulfide) groups is 1. The first-order valence-corrected chi connectivity index (χ1v) is 8.26. The van der Waals surface area contributed by atoms with E-state index in [0.717, 1.165) is 5.75 Å². The van der Waals surface area contributed by atoms with Crippen molar-refractivity contribution in [2.24, 2.45) is 5.73 Å². The summed E-state index contributed by atoms with van der Waals surface area (Å²) >= 11 is 3.05. The van der Waals surface area contributed by atoms with Gasteiger partial charge in [-0.05, 0) is 29.9 Å². The molecule has 114 valence electrons. The molecule has 0 saturated carbocycles. The number of amides is 2. The molecule has 20 heavy (non-hydrogen) atoms. The molecule has 0 radical (unpaired) electrons. The minimum absolute atomic E-state index is 0. The zero-order chi connectivity index (χ0) is 14.1. The fourth-order valence-electron chi connectivity index (χ4n) is 1.36. The fourth-order valence-corrected chi connectivity index (χ4v) is 2.49. The maximum absolute atomic E-state index is 11.6. The van der Waals surface area contributed by atoms with E-state index in [1.54, 1.807) is 17.8 Å². The molecule has 0 bridgehead atoms. The number of hydrogen-bond acceptors (Lipinski definition) is 5. The number of carbonyl (C=O) groups is 2. The summed E-state index contributed by atoms with van der Waals surface area (Å²) < 4.78 is 0. The van der Waals surface area contributed by atoms with Gasteiger partial charge in [0.15, 0.2) is 0 Å². The van der Waals surface area contributed by atoms with Crippen molar-refractivity contribution in [3.8, 4) is 0 Å². The predicted molar refractivity (Wildman–Crippen MR) is 87.9 cm³/mol. The van der Waals surface area contributed by atoms with Crippen molar-refractivity contribution in [3.05, 3.63) is 22.4 Å². The molecule has 1 aromatic heterocycles. The zero-order valence-electron chi connectivity index (χ0n) is 11.3. The summed E-state index contributed by atoms with van der Waals surface area (Å²) in [5, 5.41) is 7.29. The number of nitrogens with two attached hydrogens (primary N) is 1. The third kappa shape index (κ3) is 7.14. The summed E-state index contributed by atoms with van der Waals surface area (Å²) in [6.45, 7) is 0.792. The lowest BCUT2D eigenvalue weighted by Gasteiger charge is -2.11. The van der Waals surface area contributed by atoms with Gasteiger partial charge in [0.05, 0.1) is 10.9 Å². The molecule has 0 saturated heterocycles. The molecular weight excluding hydrogens is 318 g/mol. The Morgan fingerprint density at radius 3 is 2.70 bits per heavy atom. The molecule has 2 amide bonds. The molecule has 5 nitrogen and oxygen atoms in total. The van der Waals surface area contributed by atoms with Crippen molar-refractivity contribution in [2.45, 2.75) is 12.5 Å². The molecule has 0 aliphatic rings. The Hall–Kier alpha value is -0.760. The summed E-state index contributed by atoms with van der Waals surface area (Å²) in [5.74, 6) is 0.583. The van der Waals surface area contributed by atoms with Crippen molar-refractivity contribution in [2.75, 3.05) is 25.1 Å². The number of halogens is 1. The van der Waals surface area contributed by atoms with Gasteiger partial charge in [-0.15, -0.1) is 23.7 Å². The van der Waals surface area contributed by atoms with Gasteiger partial charge in [-0.3, -0.25) is 9.59 Å². The zero-order valence-corrected chi connectivity index (χ0v) is 13.7. The molecule has 1 rings (SSSR count). The van der Waals surface area contributed by atoms with Gasteiger partial charge in [0, 0.05) is 13.1 Å². The van der Waals surface area contributed by atoms with E-state index in [1.165, 1.54) is 11.3 Å². The summed E-state index contributed by atoms with van der Waals surface area (Å²) in [4.78, 5) is 23.8. The SMILES string of the molecule is CSCCC(N)C(=O)NCCNC(=O)c1cccs1.Cl. The van der Waals surface area contributed by atoms with E-state index in [-0.39, 0.29) is 24.2 Å². The Morgan fingerprint density at radius 2 is 2.10 bits per heavy atom. The Kier molecular flexibility index (Phi) is 10.5. The van der Waals surface area contributed by atoms with Crippen LogP contribution in [-0.2, 0) is 4.79 Å². The van der Waals surface area contributed by atoms with E-state index in [9.17, 15) is 9.59 Å². The highest BCUT2D eigenvalue weighted by molar-refractivity contribution is 7.98. The number of nitrogens with one attached hydrogen (secondary N) is 2. The van der Waals surface area contributed by atoms with Gasteiger partial charge in [0.2, 0.25) is 5.91 Å². The Morgan fingerprint density at radius 1 is 1.40 bits per heavy atom. The third-order valence-corrected chi connectivity index (χ3v) is 3.94. The van der Waals surface area contributed by atoms with Crippen molar-refractivity contribution in [1.29, 1.82) is 0 Å². The third-order valence-electron chi connectivity index (χ3n) is 2.42. The summed E-state index contributed by atoms with van der Waals surface area (Å²) in [5.41, 5.74) is 5.71. The predicted octanol–water partition coefficient (Wildman–Crippen LogP) is 1.10. The van der Waals surface area contributed by atoms with Crippen LogP contribution in [0.2, 0.25) is 0 Å². The maximum Gasteiger partial charge on any atom is 0.261 e. The highest BCUT2D eigenvalue weighted by atomic mass is 35.5. The first-order valence-electron chi connectivity index (χ1n) is 5.99. The van der Waals surface area contributed by atoms with Crippen LogP contribution >= 0.6 is 35.5 Å². The second-order valence-corrected chi connectivity index (χ2v) is 5.85. The number of rotatable bonds is 8. The van der Waals surface area contributed by atoms with E-state index in [2.05, 4.69) is 10.6 Å². The Labute approximate surface area is 133 Å². The highest BCUT2D eigenvalue weighted by Gasteiger charge is 2.12. The molecule has 4 N–H and O–H groups in total. The second-order valence-electron chi connectivity index (χ2n) is 3.91. The van der Waals surface area contributed by atoms with Gasteiger partial charge in [-0.2, -0.15) is 11.8 Å². The average Bonchev–Trinajstić information content (AvgIpc) is 2.94. The van der Waals surface area contributed by atoms with E-state index in [1.807, 2.05) is 17.7 Å². The molecule has 0 aliphatic carbocycles. The van der Waals surface area contributed by atoms with E-state index in [4.69, 9.17) is 5.73 Å². The van der Waals surface area contributed by atoms with Crippen LogP contribution in [-0.4, -0.2) is 43.0 Å². The number of thiophene rings is 1. The molecule has 1 atom stereocenters. The lowest BCUT2D eigenvalue weighted by Crippen LogP contribution is -2.43. The minimum Gasteiger partial charge on any atom is -0.353 e. The monoisotopic (exact) mass is 337 g/mol. The largest absolute Gasteiger partial charge is 0.353 e. The van der Waals surface area contributed by atoms with Gasteiger partial charge in [0.25, 0.3) is 5.91 Å². The van der Waals surface area contributed by atoms with E-state index in [0.29, 0.717) is 24.4 Å². The second kappa shape index (κ2) is 11.0. The standard InChI is InChI=1S/C12H19N3O2S2.ClH/c1-18-8-4-9(13)11(16)14-5-6-15-12(17)10-3-2-7-19-10;/h2-3,7,9H,4-6,8,13H2,1H3,(H,14,16)(H,15,17);1H. The normalized spacial score (nSPS) is 11.3. The van der Waals surface area contributed by atoms with E-state index < -0.39 is 6.04 Å². The van der Waals surface area contributed by atoms with Crippen LogP contribution in [0.5, 0.6) is 0 Å². The lowest BCUT2D eigenvalue weighted by molar-refractivity contribution is -0.122. The van der Waals surface area contributed by atoms with Crippen LogP contribution in [0.25, 0.3) is 0 Å². The lowest BCUT2D eigenvalue weighted by atomic mass is 10.2. The first-order chi connectivity index (χ1) is 9.15. The average molecular weight is 338 g/mol. The van der Waals surface area contributed by atoms with Gasteiger partial charge in [-0.1, -0.05) is 6.07 Å². The Bertz CT molecular complexity index is 401. The molecular formula is C12H20ClN3O2S2. The van der Waals surface area contributed by atoms with E-state index >= 15 is 0 Å². The smallest absolute Gasteiger partial charge is 0.261 e. The molecule has 1 heterocycles. The summed E-state index contributed by atoms with van der Waals surface area (Å²) in [6.07, 6.45) is 2.64. The van der Waals surface area contributed by atoms with Gasteiger partial charge in [-0.25, -0.2) is 0 Å². The topological polar surface area (TPSA) is 84.2 Å². The molecule has 0 spiro atoms. The van der Waals surface area contributed by atoms with Gasteiger partial charge in [0.1, 0.15) is 0 Å². The molecule has 0 aliphatic heterocycles. The van der Waals surface area contributed by atoms with Crippen LogP contribution in [0.4, 0.5) is 0 Å². The quantitative estimate of drug-likeness (QED) is 0.620. The van der Waals surface area contributed by atoms with Crippen LogP contribution in [0.15, 0.2) is 17.5 Å². The highest BCUT2D eigenvalue weighted by Crippen LogP contribution is 2.07. The van der Waals surface area contributed by atoms with Gasteiger partial charge < -0.3 is 16.4 Å². The van der Waals surface area contributed by atoms with Crippen molar-refractivity contribution in [1.82, 2.24) is 10.6 Å². The summed E-state index contributed by atoms with van der Waals surface area (Å²) in [6, 6.07) is 3.11. The summed E-state index contributed by atoms with van der Waals surface area (Å²) in [7, 11) is 0. The fraction of sp³-hybridized carbons (Fsp3) is 0.500. The maximum atomic E-state index is 11.6.